The lowest BCUT2D eigenvalue weighted by Gasteiger charge is -2.02. The van der Waals surface area contributed by atoms with Crippen molar-refractivity contribution in [3.8, 4) is 17.3 Å². The lowest BCUT2D eigenvalue weighted by atomic mass is 10.3. The van der Waals surface area contributed by atoms with E-state index in [4.69, 9.17) is 8.94 Å². The topological polar surface area (TPSA) is 99.0 Å². The molecule has 4 aromatic rings. The molecule has 1 N–H and O–H groups in total. The van der Waals surface area contributed by atoms with E-state index in [1.165, 1.54) is 0 Å². The molecule has 0 aliphatic rings. The van der Waals surface area contributed by atoms with Crippen molar-refractivity contribution < 1.29 is 13.7 Å². The fourth-order valence-corrected chi connectivity index (χ4v) is 2.55. The first-order valence-corrected chi connectivity index (χ1v) is 8.50. The van der Waals surface area contributed by atoms with E-state index in [1.54, 1.807) is 29.3 Å². The highest BCUT2D eigenvalue weighted by atomic mass is 16.5. The SMILES string of the molecule is O=C(CCc1nc(-c2ccco2)no1)NCc1cnn(-c2ccccc2)c1. The van der Waals surface area contributed by atoms with Gasteiger partial charge in [0.25, 0.3) is 0 Å². The van der Waals surface area contributed by atoms with E-state index in [-0.39, 0.29) is 12.3 Å². The summed E-state index contributed by atoms with van der Waals surface area (Å²) in [6.07, 6.45) is 5.79. The van der Waals surface area contributed by atoms with E-state index in [0.29, 0.717) is 30.4 Å². The molecule has 8 nitrogen and oxygen atoms in total. The minimum atomic E-state index is -0.0970. The quantitative estimate of drug-likeness (QED) is 0.542. The molecule has 1 amide bonds. The number of para-hydroxylation sites is 1. The molecule has 3 heterocycles. The Morgan fingerprint density at radius 2 is 2.04 bits per heavy atom. The van der Waals surface area contributed by atoms with Gasteiger partial charge in [-0.2, -0.15) is 10.1 Å². The van der Waals surface area contributed by atoms with Crippen molar-refractivity contribution in [2.24, 2.45) is 0 Å². The molecule has 0 bridgehead atoms. The molecule has 1 aromatic carbocycles. The van der Waals surface area contributed by atoms with Gasteiger partial charge in [-0.05, 0) is 24.3 Å². The molecular formula is C19H17N5O3. The summed E-state index contributed by atoms with van der Waals surface area (Å²) in [5.41, 5.74) is 1.89. The summed E-state index contributed by atoms with van der Waals surface area (Å²) in [4.78, 5) is 16.3. The van der Waals surface area contributed by atoms with E-state index < -0.39 is 0 Å². The standard InChI is InChI=1S/C19H17N5O3/c25-17(8-9-18-22-19(23-27-18)16-7-4-10-26-16)20-11-14-12-21-24(13-14)15-5-2-1-3-6-15/h1-7,10,12-13H,8-9,11H2,(H,20,25). The van der Waals surface area contributed by atoms with Crippen LogP contribution in [0, 0.1) is 0 Å². The Morgan fingerprint density at radius 1 is 1.15 bits per heavy atom. The van der Waals surface area contributed by atoms with Crippen LogP contribution in [0.1, 0.15) is 17.9 Å². The first kappa shape index (κ1) is 16.8. The second-order valence-electron chi connectivity index (χ2n) is 5.89. The van der Waals surface area contributed by atoms with Gasteiger partial charge in [0.1, 0.15) is 0 Å². The predicted octanol–water partition coefficient (Wildman–Crippen LogP) is 2.76. The van der Waals surface area contributed by atoms with Crippen LogP contribution in [0.15, 0.2) is 70.1 Å². The van der Waals surface area contributed by atoms with Gasteiger partial charge in [0.15, 0.2) is 5.76 Å². The Morgan fingerprint density at radius 3 is 2.85 bits per heavy atom. The van der Waals surface area contributed by atoms with Crippen LogP contribution in [0.3, 0.4) is 0 Å². The summed E-state index contributed by atoms with van der Waals surface area (Å²) in [5.74, 6) is 1.21. The van der Waals surface area contributed by atoms with Crippen molar-refractivity contribution in [2.45, 2.75) is 19.4 Å². The highest BCUT2D eigenvalue weighted by Crippen LogP contribution is 2.16. The molecule has 3 aromatic heterocycles. The van der Waals surface area contributed by atoms with E-state index in [2.05, 4.69) is 20.6 Å². The minimum absolute atomic E-state index is 0.0970. The molecule has 0 atom stereocenters. The number of nitrogens with zero attached hydrogens (tertiary/aromatic N) is 4. The third kappa shape index (κ3) is 4.12. The van der Waals surface area contributed by atoms with Crippen LogP contribution in [0.4, 0.5) is 0 Å². The number of aromatic nitrogens is 4. The minimum Gasteiger partial charge on any atom is -0.461 e. The lowest BCUT2D eigenvalue weighted by Crippen LogP contribution is -2.22. The molecule has 4 rings (SSSR count). The number of hydrogen-bond donors (Lipinski definition) is 1. The largest absolute Gasteiger partial charge is 0.461 e. The zero-order chi connectivity index (χ0) is 18.5. The van der Waals surface area contributed by atoms with Gasteiger partial charge in [-0.3, -0.25) is 4.79 Å². The van der Waals surface area contributed by atoms with Crippen LogP contribution in [0.2, 0.25) is 0 Å². The monoisotopic (exact) mass is 363 g/mol. The number of hydrogen-bond acceptors (Lipinski definition) is 6. The number of furan rings is 1. The van der Waals surface area contributed by atoms with Crippen LogP contribution in [-0.4, -0.2) is 25.8 Å². The molecule has 27 heavy (non-hydrogen) atoms. The maximum absolute atomic E-state index is 12.1. The van der Waals surface area contributed by atoms with Crippen LogP contribution in [0.5, 0.6) is 0 Å². The van der Waals surface area contributed by atoms with Gasteiger partial charge in [0.05, 0.1) is 18.1 Å². The van der Waals surface area contributed by atoms with Crippen LogP contribution in [0.25, 0.3) is 17.3 Å². The van der Waals surface area contributed by atoms with Gasteiger partial charge < -0.3 is 14.3 Å². The van der Waals surface area contributed by atoms with Gasteiger partial charge in [-0.25, -0.2) is 4.68 Å². The Labute approximate surface area is 154 Å². The molecule has 136 valence electrons. The summed E-state index contributed by atoms with van der Waals surface area (Å²) < 4.78 is 12.1. The van der Waals surface area contributed by atoms with Gasteiger partial charge in [0.2, 0.25) is 17.6 Å². The Bertz CT molecular complexity index is 1010. The number of carbonyl (C=O) groups excluding carboxylic acids is 1. The number of carbonyl (C=O) groups is 1. The number of nitrogens with one attached hydrogen (secondary N) is 1. The van der Waals surface area contributed by atoms with E-state index in [1.807, 2.05) is 36.5 Å². The van der Waals surface area contributed by atoms with E-state index in [0.717, 1.165) is 11.3 Å². The van der Waals surface area contributed by atoms with Gasteiger partial charge in [-0.1, -0.05) is 23.4 Å². The van der Waals surface area contributed by atoms with E-state index >= 15 is 0 Å². The maximum atomic E-state index is 12.1. The molecular weight excluding hydrogens is 346 g/mol. The van der Waals surface area contributed by atoms with E-state index in [9.17, 15) is 4.79 Å². The number of amides is 1. The van der Waals surface area contributed by atoms with Crippen molar-refractivity contribution in [3.63, 3.8) is 0 Å². The van der Waals surface area contributed by atoms with Gasteiger partial charge >= 0.3 is 0 Å². The van der Waals surface area contributed by atoms with Crippen LogP contribution >= 0.6 is 0 Å². The number of rotatable bonds is 7. The molecule has 0 fully saturated rings. The third-order valence-electron chi connectivity index (χ3n) is 3.92. The van der Waals surface area contributed by atoms with Crippen molar-refractivity contribution >= 4 is 5.91 Å². The molecule has 0 aliphatic heterocycles. The maximum Gasteiger partial charge on any atom is 0.238 e. The Kier molecular flexibility index (Phi) is 4.78. The smallest absolute Gasteiger partial charge is 0.238 e. The zero-order valence-electron chi connectivity index (χ0n) is 14.4. The summed E-state index contributed by atoms with van der Waals surface area (Å²) >= 11 is 0. The van der Waals surface area contributed by atoms with Gasteiger partial charge in [-0.15, -0.1) is 0 Å². The van der Waals surface area contributed by atoms with Crippen LogP contribution in [-0.2, 0) is 17.8 Å². The van der Waals surface area contributed by atoms with Gasteiger partial charge in [0, 0.05) is 31.1 Å². The Balaban J connectivity index is 1.26. The highest BCUT2D eigenvalue weighted by molar-refractivity contribution is 5.76. The normalized spacial score (nSPS) is 10.8. The predicted molar refractivity (Wildman–Crippen MR) is 95.7 cm³/mol. The summed E-state index contributed by atoms with van der Waals surface area (Å²) in [7, 11) is 0. The first-order valence-electron chi connectivity index (χ1n) is 8.50. The second kappa shape index (κ2) is 7.69. The Hall–Kier alpha value is -3.68. The summed E-state index contributed by atoms with van der Waals surface area (Å²) in [6.45, 7) is 0.410. The van der Waals surface area contributed by atoms with Crippen LogP contribution < -0.4 is 5.32 Å². The molecule has 0 radical (unpaired) electrons. The lowest BCUT2D eigenvalue weighted by molar-refractivity contribution is -0.121. The average molecular weight is 363 g/mol. The molecule has 0 unspecified atom stereocenters. The third-order valence-corrected chi connectivity index (χ3v) is 3.92. The molecule has 8 heteroatoms. The highest BCUT2D eigenvalue weighted by Gasteiger charge is 2.12. The van der Waals surface area contributed by atoms with Crippen molar-refractivity contribution in [1.29, 1.82) is 0 Å². The fourth-order valence-electron chi connectivity index (χ4n) is 2.55. The summed E-state index contributed by atoms with van der Waals surface area (Å²) in [5, 5.41) is 11.0. The van der Waals surface area contributed by atoms with Crippen molar-refractivity contribution in [2.75, 3.05) is 0 Å². The fraction of sp³-hybridized carbons (Fsp3) is 0.158. The molecule has 0 aliphatic carbocycles. The van der Waals surface area contributed by atoms with Crippen molar-refractivity contribution in [3.05, 3.63) is 72.6 Å². The number of benzene rings is 1. The zero-order valence-corrected chi connectivity index (χ0v) is 14.4. The first-order chi connectivity index (χ1) is 13.3. The van der Waals surface area contributed by atoms with Crippen molar-refractivity contribution in [1.82, 2.24) is 25.2 Å². The molecule has 0 spiro atoms. The summed E-state index contributed by atoms with van der Waals surface area (Å²) in [6, 6.07) is 13.3. The molecule has 0 saturated carbocycles. The molecule has 0 saturated heterocycles. The second-order valence-corrected chi connectivity index (χ2v) is 5.89. The average Bonchev–Trinajstić information content (AvgIpc) is 3.47. The number of aryl methyl sites for hydroxylation is 1.